The molecule has 0 saturated heterocycles. The highest BCUT2D eigenvalue weighted by Gasteiger charge is 2.34. The molecule has 0 aromatic heterocycles. The Kier molecular flexibility index (Phi) is 3.02. The topological polar surface area (TPSA) is 3.24 Å². The molecule has 0 saturated carbocycles. The SMILES string of the molecule is C=CC(C)(C)N1CC(CS)c2ccccc21. The molecule has 0 spiro atoms. The van der Waals surface area contributed by atoms with E-state index in [1.165, 1.54) is 11.3 Å². The Labute approximate surface area is 104 Å². The van der Waals surface area contributed by atoms with Gasteiger partial charge in [0.2, 0.25) is 0 Å². The molecule has 0 bridgehead atoms. The first-order valence-corrected chi connectivity index (χ1v) is 6.34. The second-order valence-corrected chi connectivity index (χ2v) is 5.27. The highest BCUT2D eigenvalue weighted by Crippen LogP contribution is 2.40. The fourth-order valence-electron chi connectivity index (χ4n) is 2.31. The summed E-state index contributed by atoms with van der Waals surface area (Å²) >= 11 is 4.45. The molecular formula is C14H19NS. The second-order valence-electron chi connectivity index (χ2n) is 4.91. The van der Waals surface area contributed by atoms with E-state index in [1.807, 2.05) is 6.08 Å². The lowest BCUT2D eigenvalue weighted by Crippen LogP contribution is -2.41. The van der Waals surface area contributed by atoms with E-state index in [2.05, 4.69) is 62.2 Å². The van der Waals surface area contributed by atoms with Gasteiger partial charge in [0.25, 0.3) is 0 Å². The summed E-state index contributed by atoms with van der Waals surface area (Å²) in [6.07, 6.45) is 2.02. The molecule has 1 aliphatic rings. The predicted octanol–water partition coefficient (Wildman–Crippen LogP) is 3.48. The van der Waals surface area contributed by atoms with E-state index < -0.39 is 0 Å². The lowest BCUT2D eigenvalue weighted by molar-refractivity contribution is 0.562. The first-order chi connectivity index (χ1) is 7.60. The van der Waals surface area contributed by atoms with Crippen LogP contribution in [0.4, 0.5) is 5.69 Å². The van der Waals surface area contributed by atoms with Crippen LogP contribution in [0.25, 0.3) is 0 Å². The number of anilines is 1. The van der Waals surface area contributed by atoms with Crippen molar-refractivity contribution < 1.29 is 0 Å². The number of benzene rings is 1. The third-order valence-corrected chi connectivity index (χ3v) is 3.93. The molecule has 1 aromatic carbocycles. The Morgan fingerprint density at radius 3 is 2.81 bits per heavy atom. The van der Waals surface area contributed by atoms with Gasteiger partial charge in [0.15, 0.2) is 0 Å². The number of hydrogen-bond acceptors (Lipinski definition) is 2. The Morgan fingerprint density at radius 2 is 2.19 bits per heavy atom. The zero-order valence-electron chi connectivity index (χ0n) is 9.98. The minimum Gasteiger partial charge on any atom is -0.362 e. The van der Waals surface area contributed by atoms with Crippen molar-refractivity contribution in [1.82, 2.24) is 0 Å². The van der Waals surface area contributed by atoms with Crippen molar-refractivity contribution in [2.24, 2.45) is 0 Å². The van der Waals surface area contributed by atoms with Gasteiger partial charge in [-0.25, -0.2) is 0 Å². The van der Waals surface area contributed by atoms with Crippen LogP contribution >= 0.6 is 12.6 Å². The molecule has 1 aliphatic heterocycles. The normalized spacial score (nSPS) is 19.7. The van der Waals surface area contributed by atoms with Crippen molar-refractivity contribution in [3.8, 4) is 0 Å². The van der Waals surface area contributed by atoms with Crippen LogP contribution in [0.2, 0.25) is 0 Å². The highest BCUT2D eigenvalue weighted by molar-refractivity contribution is 7.80. The Bertz CT molecular complexity index is 397. The summed E-state index contributed by atoms with van der Waals surface area (Å²) in [5.41, 5.74) is 2.77. The molecular weight excluding hydrogens is 214 g/mol. The summed E-state index contributed by atoms with van der Waals surface area (Å²) in [6, 6.07) is 8.63. The fraction of sp³-hybridized carbons (Fsp3) is 0.429. The standard InChI is InChI=1S/C14H19NS/c1-4-14(2,3)15-9-11(10-16)12-7-5-6-8-13(12)15/h4-8,11,16H,1,9-10H2,2-3H3. The number of nitrogens with zero attached hydrogens (tertiary/aromatic N) is 1. The predicted molar refractivity (Wildman–Crippen MR) is 74.7 cm³/mol. The number of hydrogen-bond donors (Lipinski definition) is 1. The molecule has 0 N–H and O–H groups in total. The Balaban J connectivity index is 2.43. The summed E-state index contributed by atoms with van der Waals surface area (Å²) < 4.78 is 0. The Hall–Kier alpha value is -0.890. The van der Waals surface area contributed by atoms with Crippen LogP contribution in [0.15, 0.2) is 36.9 Å². The molecule has 0 amide bonds. The zero-order chi connectivity index (χ0) is 11.8. The summed E-state index contributed by atoms with van der Waals surface area (Å²) in [6.45, 7) is 9.40. The van der Waals surface area contributed by atoms with Crippen molar-refractivity contribution in [1.29, 1.82) is 0 Å². The van der Waals surface area contributed by atoms with Gasteiger partial charge in [-0.3, -0.25) is 0 Å². The van der Waals surface area contributed by atoms with Gasteiger partial charge in [0.05, 0.1) is 5.54 Å². The number of para-hydroxylation sites is 1. The number of rotatable bonds is 3. The van der Waals surface area contributed by atoms with Gasteiger partial charge in [0, 0.05) is 18.2 Å². The van der Waals surface area contributed by atoms with E-state index >= 15 is 0 Å². The monoisotopic (exact) mass is 233 g/mol. The highest BCUT2D eigenvalue weighted by atomic mass is 32.1. The molecule has 2 heteroatoms. The largest absolute Gasteiger partial charge is 0.362 e. The van der Waals surface area contributed by atoms with E-state index in [-0.39, 0.29) is 5.54 Å². The first-order valence-electron chi connectivity index (χ1n) is 5.71. The second kappa shape index (κ2) is 4.17. The van der Waals surface area contributed by atoms with E-state index in [0.717, 1.165) is 12.3 Å². The molecule has 2 rings (SSSR count). The Morgan fingerprint density at radius 1 is 1.50 bits per heavy atom. The van der Waals surface area contributed by atoms with Gasteiger partial charge in [-0.05, 0) is 31.2 Å². The van der Waals surface area contributed by atoms with Crippen LogP contribution in [-0.2, 0) is 0 Å². The van der Waals surface area contributed by atoms with Crippen LogP contribution in [0.1, 0.15) is 25.3 Å². The minimum absolute atomic E-state index is 0.00774. The first kappa shape index (κ1) is 11.6. The van der Waals surface area contributed by atoms with Crippen molar-refractivity contribution in [2.45, 2.75) is 25.3 Å². The molecule has 0 fully saturated rings. The van der Waals surface area contributed by atoms with Crippen LogP contribution in [0, 0.1) is 0 Å². The summed E-state index contributed by atoms with van der Waals surface area (Å²) in [4.78, 5) is 2.43. The van der Waals surface area contributed by atoms with Crippen LogP contribution in [-0.4, -0.2) is 17.8 Å². The molecule has 86 valence electrons. The van der Waals surface area contributed by atoms with E-state index in [0.29, 0.717) is 5.92 Å². The van der Waals surface area contributed by atoms with E-state index in [4.69, 9.17) is 0 Å². The molecule has 1 nitrogen and oxygen atoms in total. The van der Waals surface area contributed by atoms with Gasteiger partial charge in [-0.15, -0.1) is 6.58 Å². The molecule has 1 atom stereocenters. The zero-order valence-corrected chi connectivity index (χ0v) is 10.9. The van der Waals surface area contributed by atoms with Crippen molar-refractivity contribution in [3.63, 3.8) is 0 Å². The quantitative estimate of drug-likeness (QED) is 0.618. The lowest BCUT2D eigenvalue weighted by atomic mass is 10.0. The fourth-order valence-corrected chi connectivity index (χ4v) is 2.62. The summed E-state index contributed by atoms with van der Waals surface area (Å²) in [5.74, 6) is 1.44. The maximum atomic E-state index is 4.45. The van der Waals surface area contributed by atoms with Crippen molar-refractivity contribution in [3.05, 3.63) is 42.5 Å². The average molecular weight is 233 g/mol. The van der Waals surface area contributed by atoms with Gasteiger partial charge in [-0.1, -0.05) is 24.3 Å². The van der Waals surface area contributed by atoms with Crippen LogP contribution in [0.3, 0.4) is 0 Å². The molecule has 0 aliphatic carbocycles. The van der Waals surface area contributed by atoms with Gasteiger partial charge < -0.3 is 4.90 Å². The average Bonchev–Trinajstić information content (AvgIpc) is 2.68. The van der Waals surface area contributed by atoms with Crippen LogP contribution in [0.5, 0.6) is 0 Å². The summed E-state index contributed by atoms with van der Waals surface area (Å²) in [7, 11) is 0. The van der Waals surface area contributed by atoms with E-state index in [9.17, 15) is 0 Å². The molecule has 1 heterocycles. The maximum absolute atomic E-state index is 4.45. The van der Waals surface area contributed by atoms with Crippen molar-refractivity contribution in [2.75, 3.05) is 17.2 Å². The molecule has 1 aromatic rings. The van der Waals surface area contributed by atoms with E-state index in [1.54, 1.807) is 0 Å². The molecule has 0 radical (unpaired) electrons. The smallest absolute Gasteiger partial charge is 0.0526 e. The summed E-state index contributed by atoms with van der Waals surface area (Å²) in [5, 5.41) is 0. The lowest BCUT2D eigenvalue weighted by Gasteiger charge is -2.35. The molecule has 1 unspecified atom stereocenters. The van der Waals surface area contributed by atoms with Gasteiger partial charge in [0.1, 0.15) is 0 Å². The van der Waals surface area contributed by atoms with Crippen molar-refractivity contribution >= 4 is 18.3 Å². The third kappa shape index (κ3) is 1.75. The van der Waals surface area contributed by atoms with Crippen LogP contribution < -0.4 is 4.90 Å². The number of thiol groups is 1. The maximum Gasteiger partial charge on any atom is 0.0526 e. The third-order valence-electron chi connectivity index (χ3n) is 3.49. The number of fused-ring (bicyclic) bond motifs is 1. The van der Waals surface area contributed by atoms with Gasteiger partial charge in [-0.2, -0.15) is 12.6 Å². The molecule has 16 heavy (non-hydrogen) atoms. The minimum atomic E-state index is 0.00774. The van der Waals surface area contributed by atoms with Gasteiger partial charge >= 0.3 is 0 Å².